The first-order chi connectivity index (χ1) is 3.89. The Kier molecular flexibility index (Phi) is 1.86. The molecule has 1 rings (SSSR count). The minimum Gasteiger partial charge on any atom is -0.372 e. The van der Waals surface area contributed by atoms with E-state index in [2.05, 4.69) is 5.32 Å². The number of hydrogen-bond donors (Lipinski definition) is 1. The Morgan fingerprint density at radius 2 is 2.50 bits per heavy atom. The molecule has 0 saturated carbocycles. The maximum absolute atomic E-state index is 10.4. The Labute approximate surface area is 48.0 Å². The summed E-state index contributed by atoms with van der Waals surface area (Å²) in [6.07, 6.45) is 0.936. The summed E-state index contributed by atoms with van der Waals surface area (Å²) < 4.78 is 4.89. The molecule has 0 aromatic rings. The van der Waals surface area contributed by atoms with Gasteiger partial charge in [0.25, 0.3) is 0 Å². The lowest BCUT2D eigenvalue weighted by Crippen LogP contribution is -2.24. The van der Waals surface area contributed by atoms with Crippen LogP contribution in [0.4, 0.5) is 0 Å². The average Bonchev–Trinajstić information content (AvgIpc) is 1.94. The molecular formula is C5H9NO2. The summed E-state index contributed by atoms with van der Waals surface area (Å²) >= 11 is 0. The maximum atomic E-state index is 10.4. The molecule has 46 valence electrons. The number of nitrogens with one attached hydrogen (secondary N) is 1. The van der Waals surface area contributed by atoms with Gasteiger partial charge in [-0.05, 0) is 6.42 Å². The summed E-state index contributed by atoms with van der Waals surface area (Å²) in [6, 6.07) is 0. The van der Waals surface area contributed by atoms with Crippen LogP contribution in [0, 0.1) is 0 Å². The van der Waals surface area contributed by atoms with Gasteiger partial charge >= 0.3 is 0 Å². The predicted octanol–water partition coefficient (Wildman–Crippen LogP) is -0.477. The van der Waals surface area contributed by atoms with Crippen LogP contribution >= 0.6 is 0 Å². The molecule has 1 N–H and O–H groups in total. The summed E-state index contributed by atoms with van der Waals surface area (Å²) in [5, 5.41) is 2.68. The van der Waals surface area contributed by atoms with E-state index in [0.29, 0.717) is 6.61 Å². The van der Waals surface area contributed by atoms with Crippen molar-refractivity contribution in [1.29, 1.82) is 0 Å². The van der Waals surface area contributed by atoms with Crippen molar-refractivity contribution in [1.82, 2.24) is 5.32 Å². The lowest BCUT2D eigenvalue weighted by atomic mass is 10.5. The van der Waals surface area contributed by atoms with Crippen molar-refractivity contribution in [2.45, 2.75) is 6.42 Å². The van der Waals surface area contributed by atoms with Crippen LogP contribution < -0.4 is 5.32 Å². The van der Waals surface area contributed by atoms with Crippen LogP contribution in [-0.4, -0.2) is 25.7 Å². The van der Waals surface area contributed by atoms with Crippen LogP contribution in [0.2, 0.25) is 0 Å². The molecule has 0 atom stereocenters. The third kappa shape index (κ3) is 1.50. The summed E-state index contributed by atoms with van der Waals surface area (Å²) in [6.45, 7) is 1.71. The number of carbonyl (C=O) groups is 1. The average molecular weight is 115 g/mol. The number of rotatable bonds is 0. The van der Waals surface area contributed by atoms with Gasteiger partial charge in [0.05, 0.1) is 0 Å². The van der Waals surface area contributed by atoms with Crippen molar-refractivity contribution >= 4 is 5.91 Å². The van der Waals surface area contributed by atoms with Crippen molar-refractivity contribution < 1.29 is 9.53 Å². The van der Waals surface area contributed by atoms with Crippen molar-refractivity contribution in [2.24, 2.45) is 0 Å². The molecule has 1 fully saturated rings. The van der Waals surface area contributed by atoms with E-state index < -0.39 is 0 Å². The third-order valence-electron chi connectivity index (χ3n) is 1.02. The van der Waals surface area contributed by atoms with Crippen LogP contribution in [0.3, 0.4) is 0 Å². The van der Waals surface area contributed by atoms with Gasteiger partial charge in [0.2, 0.25) is 5.91 Å². The van der Waals surface area contributed by atoms with E-state index in [1.807, 2.05) is 0 Å². The first-order valence-electron chi connectivity index (χ1n) is 2.74. The smallest absolute Gasteiger partial charge is 0.245 e. The van der Waals surface area contributed by atoms with E-state index in [9.17, 15) is 4.79 Å². The molecule has 1 heterocycles. The highest BCUT2D eigenvalue weighted by atomic mass is 16.5. The lowest BCUT2D eigenvalue weighted by molar-refractivity contribution is -0.124. The van der Waals surface area contributed by atoms with Crippen molar-refractivity contribution in [3.8, 4) is 0 Å². The van der Waals surface area contributed by atoms with Crippen LogP contribution in [0.25, 0.3) is 0 Å². The highest BCUT2D eigenvalue weighted by molar-refractivity contribution is 5.77. The van der Waals surface area contributed by atoms with Gasteiger partial charge in [-0.25, -0.2) is 0 Å². The minimum atomic E-state index is 0.00231. The van der Waals surface area contributed by atoms with Gasteiger partial charge < -0.3 is 10.1 Å². The molecule has 3 heteroatoms. The molecule has 1 aliphatic rings. The van der Waals surface area contributed by atoms with Crippen molar-refractivity contribution in [3.05, 3.63) is 0 Å². The standard InChI is InChI=1S/C5H9NO2/c7-5-4-8-3-1-2-6-5/h1-4H2,(H,6,7). The van der Waals surface area contributed by atoms with Gasteiger partial charge in [-0.15, -0.1) is 0 Å². The van der Waals surface area contributed by atoms with Gasteiger partial charge in [-0.1, -0.05) is 0 Å². The third-order valence-corrected chi connectivity index (χ3v) is 1.02. The van der Waals surface area contributed by atoms with Crippen molar-refractivity contribution in [2.75, 3.05) is 19.8 Å². The Hall–Kier alpha value is -0.570. The van der Waals surface area contributed by atoms with E-state index in [4.69, 9.17) is 4.74 Å². The highest BCUT2D eigenvalue weighted by Crippen LogP contribution is 1.85. The lowest BCUT2D eigenvalue weighted by Gasteiger charge is -1.92. The molecular weight excluding hydrogens is 106 g/mol. The molecule has 8 heavy (non-hydrogen) atoms. The molecule has 1 saturated heterocycles. The van der Waals surface area contributed by atoms with Crippen LogP contribution in [-0.2, 0) is 9.53 Å². The zero-order chi connectivity index (χ0) is 5.82. The Morgan fingerprint density at radius 3 is 3.38 bits per heavy atom. The normalized spacial score (nSPS) is 21.8. The second-order valence-corrected chi connectivity index (χ2v) is 1.76. The Bertz CT molecular complexity index is 82.4. The second kappa shape index (κ2) is 2.67. The molecule has 0 unspecified atom stereocenters. The minimum absolute atomic E-state index is 0.00231. The van der Waals surface area contributed by atoms with E-state index in [0.717, 1.165) is 13.0 Å². The molecule has 1 amide bonds. The summed E-state index contributed by atoms with van der Waals surface area (Å²) in [5.41, 5.74) is 0. The fraction of sp³-hybridized carbons (Fsp3) is 0.800. The van der Waals surface area contributed by atoms with Crippen LogP contribution in [0.5, 0.6) is 0 Å². The SMILES string of the molecule is O=C1COCCCN1. The number of ether oxygens (including phenoxy) is 1. The Morgan fingerprint density at radius 1 is 1.62 bits per heavy atom. The maximum Gasteiger partial charge on any atom is 0.245 e. The zero-order valence-corrected chi connectivity index (χ0v) is 4.64. The molecule has 0 aromatic heterocycles. The van der Waals surface area contributed by atoms with Gasteiger partial charge in [0.1, 0.15) is 6.61 Å². The van der Waals surface area contributed by atoms with Crippen LogP contribution in [0.15, 0.2) is 0 Å². The topological polar surface area (TPSA) is 38.3 Å². The van der Waals surface area contributed by atoms with E-state index in [1.54, 1.807) is 0 Å². The zero-order valence-electron chi connectivity index (χ0n) is 4.64. The summed E-state index contributed by atoms with van der Waals surface area (Å²) in [7, 11) is 0. The molecule has 0 bridgehead atoms. The molecule has 1 aliphatic heterocycles. The number of hydrogen-bond acceptors (Lipinski definition) is 2. The van der Waals surface area contributed by atoms with Gasteiger partial charge in [0, 0.05) is 13.2 Å². The number of amides is 1. The van der Waals surface area contributed by atoms with Crippen molar-refractivity contribution in [3.63, 3.8) is 0 Å². The summed E-state index contributed by atoms with van der Waals surface area (Å²) in [4.78, 5) is 10.4. The van der Waals surface area contributed by atoms with Gasteiger partial charge in [-0.2, -0.15) is 0 Å². The molecule has 3 nitrogen and oxygen atoms in total. The first-order valence-corrected chi connectivity index (χ1v) is 2.74. The van der Waals surface area contributed by atoms with Gasteiger partial charge in [0.15, 0.2) is 0 Å². The fourth-order valence-electron chi connectivity index (χ4n) is 0.618. The monoisotopic (exact) mass is 115 g/mol. The first kappa shape index (κ1) is 5.56. The fourth-order valence-corrected chi connectivity index (χ4v) is 0.618. The van der Waals surface area contributed by atoms with E-state index in [1.165, 1.54) is 0 Å². The predicted molar refractivity (Wildman–Crippen MR) is 28.4 cm³/mol. The molecule has 0 radical (unpaired) electrons. The molecule has 0 spiro atoms. The summed E-state index contributed by atoms with van der Waals surface area (Å²) in [5.74, 6) is 0.00231. The molecule has 0 aliphatic carbocycles. The second-order valence-electron chi connectivity index (χ2n) is 1.76. The van der Waals surface area contributed by atoms with Crippen LogP contribution in [0.1, 0.15) is 6.42 Å². The number of carbonyl (C=O) groups excluding carboxylic acids is 1. The quantitative estimate of drug-likeness (QED) is 0.463. The molecule has 0 aromatic carbocycles. The largest absolute Gasteiger partial charge is 0.372 e. The van der Waals surface area contributed by atoms with E-state index in [-0.39, 0.29) is 12.5 Å². The Balaban J connectivity index is 2.27. The van der Waals surface area contributed by atoms with Gasteiger partial charge in [-0.3, -0.25) is 4.79 Å². The highest BCUT2D eigenvalue weighted by Gasteiger charge is 2.03. The van der Waals surface area contributed by atoms with E-state index >= 15 is 0 Å².